The molecule has 1 amide bonds. The minimum absolute atomic E-state index is 0.0394. The molecule has 3 fully saturated rings. The molecule has 39 heavy (non-hydrogen) atoms. The lowest BCUT2D eigenvalue weighted by atomic mass is 9.76. The van der Waals surface area contributed by atoms with Gasteiger partial charge in [0.05, 0.1) is 6.10 Å². The molecule has 3 heterocycles. The maximum Gasteiger partial charge on any atom is 0.221 e. The number of amides is 1. The van der Waals surface area contributed by atoms with Crippen LogP contribution in [0.2, 0.25) is 0 Å². The Kier molecular flexibility index (Phi) is 11.0. The van der Waals surface area contributed by atoms with Crippen LogP contribution in [0.4, 0.5) is 0 Å². The van der Waals surface area contributed by atoms with E-state index in [4.69, 9.17) is 23.7 Å². The zero-order chi connectivity index (χ0) is 29.3. The van der Waals surface area contributed by atoms with E-state index in [-0.39, 0.29) is 65.0 Å². The molecule has 9 heteroatoms. The van der Waals surface area contributed by atoms with E-state index in [9.17, 15) is 9.59 Å². The fourth-order valence-electron chi connectivity index (χ4n) is 6.45. The predicted molar refractivity (Wildman–Crippen MR) is 153 cm³/mol. The van der Waals surface area contributed by atoms with E-state index in [1.807, 2.05) is 27.7 Å². The van der Waals surface area contributed by atoms with E-state index in [1.54, 1.807) is 0 Å². The van der Waals surface area contributed by atoms with E-state index in [2.05, 4.69) is 59.5 Å². The first kappa shape index (κ1) is 32.8. The summed E-state index contributed by atoms with van der Waals surface area (Å²) in [5.74, 6) is -0.207. The number of nitrogens with one attached hydrogen (secondary N) is 1. The SMILES string of the molecule is CCC(=O)NC1OC(C)(OC2OC(C)(OC3OC(C)C(CC(=O)CS)C(C)C3C)CC(C)C2C)CC(C)C1C. The summed E-state index contributed by atoms with van der Waals surface area (Å²) >= 11 is 4.15. The van der Waals surface area contributed by atoms with Gasteiger partial charge in [0, 0.05) is 49.2 Å². The molecule has 1 N–H and O–H groups in total. The molecule has 0 aliphatic carbocycles. The van der Waals surface area contributed by atoms with Crippen LogP contribution in [0.5, 0.6) is 0 Å². The fraction of sp³-hybridized carbons (Fsp3) is 0.933. The van der Waals surface area contributed by atoms with E-state index in [0.29, 0.717) is 25.7 Å². The molecule has 13 atom stereocenters. The van der Waals surface area contributed by atoms with E-state index in [0.717, 1.165) is 0 Å². The molecule has 0 aromatic carbocycles. The number of carbonyl (C=O) groups excluding carboxylic acids is 2. The minimum atomic E-state index is -0.918. The standard InChI is InChI=1S/C30H53NO7S/c1-11-25(33)31-26-18(4)16(2)13-29(9,35-26)37-28-19(5)17(3)14-30(10,38-28)36-27-21(7)20(6)24(22(8)34-27)12-23(32)15-39/h16-22,24,26-28,39H,11-15H2,1-10H3,(H,31,33). The van der Waals surface area contributed by atoms with Crippen LogP contribution in [0.1, 0.15) is 94.9 Å². The summed E-state index contributed by atoms with van der Waals surface area (Å²) in [6.07, 6.45) is 0.707. The van der Waals surface area contributed by atoms with Crippen LogP contribution in [-0.2, 0) is 33.3 Å². The summed E-state index contributed by atoms with van der Waals surface area (Å²) < 4.78 is 32.6. The number of ether oxygens (including phenoxy) is 5. The average Bonchev–Trinajstić information content (AvgIpc) is 2.85. The largest absolute Gasteiger partial charge is 0.349 e. The van der Waals surface area contributed by atoms with Crippen LogP contribution in [0.3, 0.4) is 0 Å². The molecule has 3 aliphatic rings. The summed E-state index contributed by atoms with van der Waals surface area (Å²) in [6, 6.07) is 0. The number of hydrogen-bond donors (Lipinski definition) is 2. The first-order valence-electron chi connectivity index (χ1n) is 14.9. The maximum atomic E-state index is 12.2. The topological polar surface area (TPSA) is 92.3 Å². The Labute approximate surface area is 241 Å². The highest BCUT2D eigenvalue weighted by atomic mass is 32.1. The molecule has 226 valence electrons. The van der Waals surface area contributed by atoms with Gasteiger partial charge in [-0.05, 0) is 44.4 Å². The van der Waals surface area contributed by atoms with Crippen LogP contribution in [-0.4, -0.2) is 53.9 Å². The summed E-state index contributed by atoms with van der Waals surface area (Å²) in [5.41, 5.74) is 0. The Bertz CT molecular complexity index is 859. The van der Waals surface area contributed by atoms with Gasteiger partial charge in [-0.3, -0.25) is 9.59 Å². The van der Waals surface area contributed by atoms with Gasteiger partial charge in [0.15, 0.2) is 24.2 Å². The fourth-order valence-corrected chi connectivity index (χ4v) is 6.57. The van der Waals surface area contributed by atoms with Crippen LogP contribution in [0.25, 0.3) is 0 Å². The molecule has 13 unspecified atom stereocenters. The van der Waals surface area contributed by atoms with Crippen molar-refractivity contribution >= 4 is 24.3 Å². The van der Waals surface area contributed by atoms with Crippen molar-refractivity contribution in [2.24, 2.45) is 41.4 Å². The molecule has 0 radical (unpaired) electrons. The number of Topliss-reactive ketones (excluding diaryl/α,β-unsaturated/α-hetero) is 1. The van der Waals surface area contributed by atoms with Gasteiger partial charge in [0.1, 0.15) is 12.0 Å². The second-order valence-corrected chi connectivity index (χ2v) is 13.3. The monoisotopic (exact) mass is 571 g/mol. The molecule has 8 nitrogen and oxygen atoms in total. The van der Waals surface area contributed by atoms with Crippen LogP contribution < -0.4 is 5.32 Å². The summed E-state index contributed by atoms with van der Waals surface area (Å²) in [4.78, 5) is 24.3. The van der Waals surface area contributed by atoms with Gasteiger partial charge < -0.3 is 29.0 Å². The van der Waals surface area contributed by atoms with Gasteiger partial charge in [-0.25, -0.2) is 0 Å². The van der Waals surface area contributed by atoms with Crippen molar-refractivity contribution in [3.8, 4) is 0 Å². The van der Waals surface area contributed by atoms with Gasteiger partial charge in [-0.2, -0.15) is 12.6 Å². The van der Waals surface area contributed by atoms with Gasteiger partial charge in [0.2, 0.25) is 5.91 Å². The molecule has 0 spiro atoms. The molecule has 0 saturated carbocycles. The van der Waals surface area contributed by atoms with Crippen molar-refractivity contribution in [1.29, 1.82) is 0 Å². The van der Waals surface area contributed by atoms with Gasteiger partial charge in [-0.1, -0.05) is 48.5 Å². The lowest BCUT2D eigenvalue weighted by Crippen LogP contribution is -2.59. The molecule has 3 aliphatic heterocycles. The normalized spacial score (nSPS) is 47.0. The third kappa shape index (κ3) is 7.77. The molecule has 3 saturated heterocycles. The molecular weight excluding hydrogens is 518 g/mol. The minimum Gasteiger partial charge on any atom is -0.349 e. The van der Waals surface area contributed by atoms with Crippen molar-refractivity contribution < 1.29 is 33.3 Å². The van der Waals surface area contributed by atoms with Crippen molar-refractivity contribution in [2.45, 2.75) is 131 Å². The smallest absolute Gasteiger partial charge is 0.221 e. The highest BCUT2D eigenvalue weighted by Gasteiger charge is 2.51. The first-order chi connectivity index (χ1) is 18.1. The molecule has 3 rings (SSSR count). The number of thiol groups is 1. The Morgan fingerprint density at radius 3 is 2.00 bits per heavy atom. The summed E-state index contributed by atoms with van der Waals surface area (Å²) in [7, 11) is 0. The Morgan fingerprint density at radius 1 is 0.846 bits per heavy atom. The maximum absolute atomic E-state index is 12.2. The Morgan fingerprint density at radius 2 is 1.41 bits per heavy atom. The van der Waals surface area contributed by atoms with Crippen molar-refractivity contribution in [3.05, 3.63) is 0 Å². The quantitative estimate of drug-likeness (QED) is 0.351. The van der Waals surface area contributed by atoms with Crippen molar-refractivity contribution in [3.63, 3.8) is 0 Å². The van der Waals surface area contributed by atoms with Gasteiger partial charge in [-0.15, -0.1) is 0 Å². The highest BCUT2D eigenvalue weighted by Crippen LogP contribution is 2.45. The van der Waals surface area contributed by atoms with Crippen LogP contribution >= 0.6 is 12.6 Å². The molecule has 0 aromatic heterocycles. The zero-order valence-corrected chi connectivity index (χ0v) is 26.6. The lowest BCUT2D eigenvalue weighted by molar-refractivity contribution is -0.431. The van der Waals surface area contributed by atoms with Crippen LogP contribution in [0, 0.1) is 41.4 Å². The third-order valence-corrected chi connectivity index (χ3v) is 10.1. The van der Waals surface area contributed by atoms with Crippen molar-refractivity contribution in [1.82, 2.24) is 5.32 Å². The van der Waals surface area contributed by atoms with Gasteiger partial charge in [0.25, 0.3) is 0 Å². The molecular formula is C30H53NO7S. The number of hydrogen-bond acceptors (Lipinski definition) is 8. The summed E-state index contributed by atoms with van der Waals surface area (Å²) in [6.45, 7) is 20.7. The molecule has 0 aromatic rings. The van der Waals surface area contributed by atoms with E-state index in [1.165, 1.54) is 0 Å². The predicted octanol–water partition coefficient (Wildman–Crippen LogP) is 5.54. The molecule has 0 bridgehead atoms. The lowest BCUT2D eigenvalue weighted by Gasteiger charge is -2.52. The van der Waals surface area contributed by atoms with E-state index < -0.39 is 30.4 Å². The third-order valence-electron chi connectivity index (χ3n) is 9.71. The number of rotatable bonds is 9. The Balaban J connectivity index is 1.72. The number of ketones is 1. The van der Waals surface area contributed by atoms with Crippen LogP contribution in [0.15, 0.2) is 0 Å². The average molecular weight is 572 g/mol. The highest BCUT2D eigenvalue weighted by molar-refractivity contribution is 7.81. The zero-order valence-electron chi connectivity index (χ0n) is 25.7. The number of carbonyl (C=O) groups is 2. The second-order valence-electron chi connectivity index (χ2n) is 13.0. The Hall–Kier alpha value is -0.710. The van der Waals surface area contributed by atoms with Gasteiger partial charge >= 0.3 is 0 Å². The summed E-state index contributed by atoms with van der Waals surface area (Å²) in [5, 5.41) is 3.02. The first-order valence-corrected chi connectivity index (χ1v) is 15.5. The van der Waals surface area contributed by atoms with E-state index >= 15 is 0 Å². The van der Waals surface area contributed by atoms with Crippen molar-refractivity contribution in [2.75, 3.05) is 5.75 Å². The second kappa shape index (κ2) is 13.1.